The van der Waals surface area contributed by atoms with Gasteiger partial charge in [0.15, 0.2) is 0 Å². The first kappa shape index (κ1) is 44.5. The Morgan fingerprint density at radius 3 is 1.53 bits per heavy atom. The Bertz CT molecular complexity index is 662. The Labute approximate surface area is 294 Å². The zero-order chi connectivity index (χ0) is 34.4. The second-order valence-electron chi connectivity index (χ2n) is 13.4. The molecule has 3 aliphatic heterocycles. The largest absolute Gasteiger partial charge is 0.369 e. The van der Waals surface area contributed by atoms with Crippen molar-refractivity contribution in [2.45, 2.75) is 111 Å². The Morgan fingerprint density at radius 1 is 0.596 bits per heavy atom. The summed E-state index contributed by atoms with van der Waals surface area (Å²) in [6, 6.07) is 0. The number of hydrogen-bond acceptors (Lipinski definition) is 10. The number of thioether (sulfide) groups is 1. The highest BCUT2D eigenvalue weighted by Gasteiger charge is 2.24. The van der Waals surface area contributed by atoms with Gasteiger partial charge in [-0.3, -0.25) is 19.3 Å². The topological polar surface area (TPSA) is 87.0 Å². The molecule has 1 amide bonds. The standard InChI is InChI=1S/C13H26N2O2.C12H26N2O.C11H24N2OS/c1-2-3-4-5-6-10-17-15-9-7-8-12(11-15)13(14)16;1-3-4-5-6-7-12-15-14-10-8-13(2)9-11-14;1-3-10-15-11-4-9-14-13-7-5-12(2)6-8-13/h12H,2-11H2,1H3,(H2,14,16);3-12H2,1-2H3;3-11H2,1-2H3. The molecule has 3 fully saturated rings. The van der Waals surface area contributed by atoms with Gasteiger partial charge in [0.1, 0.15) is 0 Å². The number of rotatable bonds is 22. The van der Waals surface area contributed by atoms with Crippen LogP contribution < -0.4 is 5.73 Å². The van der Waals surface area contributed by atoms with E-state index in [0.29, 0.717) is 6.54 Å². The fourth-order valence-electron chi connectivity index (χ4n) is 5.53. The average molecular weight is 689 g/mol. The highest BCUT2D eigenvalue weighted by Crippen LogP contribution is 2.16. The lowest BCUT2D eigenvalue weighted by atomic mass is 9.99. The van der Waals surface area contributed by atoms with Gasteiger partial charge in [-0.2, -0.15) is 27.0 Å². The van der Waals surface area contributed by atoms with Crippen molar-refractivity contribution in [2.24, 2.45) is 11.7 Å². The van der Waals surface area contributed by atoms with Crippen molar-refractivity contribution in [1.82, 2.24) is 25.0 Å². The molecule has 3 saturated heterocycles. The normalized spacial score (nSPS) is 20.3. The first-order chi connectivity index (χ1) is 22.9. The molecule has 11 heteroatoms. The second-order valence-corrected chi connectivity index (χ2v) is 14.6. The minimum atomic E-state index is -0.193. The zero-order valence-electron chi connectivity index (χ0n) is 31.4. The molecule has 0 aromatic rings. The number of hydrogen-bond donors (Lipinski definition) is 1. The van der Waals surface area contributed by atoms with Crippen molar-refractivity contribution in [3.05, 3.63) is 0 Å². The number of nitrogens with zero attached hydrogens (tertiary/aromatic N) is 5. The number of carbonyl (C=O) groups is 1. The molecule has 0 spiro atoms. The molecule has 47 heavy (non-hydrogen) atoms. The molecule has 0 bridgehead atoms. The predicted octanol–water partition coefficient (Wildman–Crippen LogP) is 5.92. The summed E-state index contributed by atoms with van der Waals surface area (Å²) in [7, 11) is 4.33. The zero-order valence-corrected chi connectivity index (χ0v) is 32.3. The summed E-state index contributed by atoms with van der Waals surface area (Å²) in [6.45, 7) is 19.6. The summed E-state index contributed by atoms with van der Waals surface area (Å²) >= 11 is 2.03. The first-order valence-corrected chi connectivity index (χ1v) is 20.4. The van der Waals surface area contributed by atoms with Gasteiger partial charge in [0.2, 0.25) is 5.91 Å². The van der Waals surface area contributed by atoms with Gasteiger partial charge in [0.05, 0.1) is 25.7 Å². The Hall–Kier alpha value is -0.500. The fourth-order valence-corrected chi connectivity index (χ4v) is 6.34. The van der Waals surface area contributed by atoms with E-state index in [0.717, 1.165) is 98.0 Å². The van der Waals surface area contributed by atoms with Crippen LogP contribution in [-0.4, -0.2) is 142 Å². The third kappa shape index (κ3) is 26.0. The monoisotopic (exact) mass is 689 g/mol. The van der Waals surface area contributed by atoms with Gasteiger partial charge >= 0.3 is 0 Å². The van der Waals surface area contributed by atoms with Gasteiger partial charge in [-0.15, -0.1) is 0 Å². The van der Waals surface area contributed by atoms with Gasteiger partial charge in [-0.1, -0.05) is 72.1 Å². The van der Waals surface area contributed by atoms with E-state index in [-0.39, 0.29) is 11.8 Å². The molecule has 0 aliphatic carbocycles. The highest BCUT2D eigenvalue weighted by atomic mass is 32.2. The molecular weight excluding hydrogens is 613 g/mol. The van der Waals surface area contributed by atoms with Crippen LogP contribution in [0, 0.1) is 5.92 Å². The lowest BCUT2D eigenvalue weighted by Crippen LogP contribution is -2.44. The van der Waals surface area contributed by atoms with Crippen molar-refractivity contribution < 1.29 is 19.3 Å². The van der Waals surface area contributed by atoms with Crippen LogP contribution in [0.5, 0.6) is 0 Å². The van der Waals surface area contributed by atoms with Gasteiger partial charge in [-0.25, -0.2) is 0 Å². The summed E-state index contributed by atoms with van der Waals surface area (Å²) in [5.41, 5.74) is 5.32. The summed E-state index contributed by atoms with van der Waals surface area (Å²) in [5, 5.41) is 6.16. The second kappa shape index (κ2) is 31.5. The predicted molar refractivity (Wildman–Crippen MR) is 199 cm³/mol. The SMILES string of the molecule is CCCCCCCON1CCCC(C(N)=O)C1.CCCCCCCON1CCN(C)CC1.CCCSCCCON1CCN(C)CC1. The molecule has 3 rings (SSSR count). The maximum atomic E-state index is 11.1. The average Bonchev–Trinajstić information content (AvgIpc) is 3.08. The van der Waals surface area contributed by atoms with Crippen LogP contribution in [0.3, 0.4) is 0 Å². The summed E-state index contributed by atoms with van der Waals surface area (Å²) in [4.78, 5) is 32.9. The maximum Gasteiger partial charge on any atom is 0.221 e. The number of carbonyl (C=O) groups excluding carboxylic acids is 1. The third-order valence-corrected chi connectivity index (χ3v) is 10.1. The summed E-state index contributed by atoms with van der Waals surface area (Å²) in [6.07, 6.45) is 17.2. The van der Waals surface area contributed by atoms with Gasteiger partial charge in [0, 0.05) is 65.4 Å². The van der Waals surface area contributed by atoms with E-state index in [1.165, 1.54) is 82.1 Å². The van der Waals surface area contributed by atoms with Crippen LogP contribution in [0.2, 0.25) is 0 Å². The number of likely N-dealkylation sites (N-methyl/N-ethyl adjacent to an activating group) is 2. The van der Waals surface area contributed by atoms with Crippen molar-refractivity contribution in [3.8, 4) is 0 Å². The molecule has 3 aliphatic rings. The molecule has 1 atom stereocenters. The van der Waals surface area contributed by atoms with Crippen molar-refractivity contribution in [2.75, 3.05) is 111 Å². The maximum absolute atomic E-state index is 11.1. The molecule has 0 aromatic heterocycles. The van der Waals surface area contributed by atoms with E-state index in [1.54, 1.807) is 0 Å². The molecule has 1 unspecified atom stereocenters. The van der Waals surface area contributed by atoms with Gasteiger partial charge in [-0.05, 0) is 64.1 Å². The molecule has 0 aromatic carbocycles. The van der Waals surface area contributed by atoms with E-state index >= 15 is 0 Å². The molecule has 3 heterocycles. The van der Waals surface area contributed by atoms with Crippen LogP contribution in [0.25, 0.3) is 0 Å². The minimum absolute atomic E-state index is 0.0242. The van der Waals surface area contributed by atoms with Gasteiger partial charge in [0.25, 0.3) is 0 Å². The minimum Gasteiger partial charge on any atom is -0.369 e. The number of nitrogens with two attached hydrogens (primary N) is 1. The smallest absolute Gasteiger partial charge is 0.221 e. The number of hydroxylamine groups is 6. The lowest BCUT2D eigenvalue weighted by Gasteiger charge is -2.31. The lowest BCUT2D eigenvalue weighted by molar-refractivity contribution is -0.181. The van der Waals surface area contributed by atoms with Crippen molar-refractivity contribution >= 4 is 17.7 Å². The Balaban J connectivity index is 0.000000353. The number of unbranched alkanes of at least 4 members (excludes halogenated alkanes) is 8. The van der Waals surface area contributed by atoms with E-state index in [2.05, 4.69) is 54.8 Å². The Morgan fingerprint density at radius 2 is 1.06 bits per heavy atom. The Kier molecular flexibility index (Phi) is 29.8. The van der Waals surface area contributed by atoms with Crippen LogP contribution in [0.1, 0.15) is 111 Å². The molecule has 2 N–H and O–H groups in total. The molecule has 10 nitrogen and oxygen atoms in total. The van der Waals surface area contributed by atoms with E-state index < -0.39 is 0 Å². The molecule has 0 saturated carbocycles. The number of primary amides is 1. The van der Waals surface area contributed by atoms with Crippen LogP contribution in [0.15, 0.2) is 0 Å². The van der Waals surface area contributed by atoms with Crippen LogP contribution >= 0.6 is 11.8 Å². The van der Waals surface area contributed by atoms with Crippen molar-refractivity contribution in [1.29, 1.82) is 0 Å². The van der Waals surface area contributed by atoms with E-state index in [9.17, 15) is 4.79 Å². The van der Waals surface area contributed by atoms with Crippen LogP contribution in [-0.2, 0) is 19.3 Å². The third-order valence-electron chi connectivity index (χ3n) is 8.81. The van der Waals surface area contributed by atoms with Crippen molar-refractivity contribution in [3.63, 3.8) is 0 Å². The molecule has 280 valence electrons. The molecular formula is C36H76N6O4S. The number of piperazine rings is 2. The fraction of sp³-hybridized carbons (Fsp3) is 0.972. The van der Waals surface area contributed by atoms with Gasteiger partial charge < -0.3 is 15.5 Å². The quantitative estimate of drug-likeness (QED) is 0.138. The summed E-state index contributed by atoms with van der Waals surface area (Å²) < 4.78 is 0. The van der Waals surface area contributed by atoms with Crippen LogP contribution in [0.4, 0.5) is 0 Å². The van der Waals surface area contributed by atoms with E-state index in [1.807, 2.05) is 16.8 Å². The highest BCUT2D eigenvalue weighted by molar-refractivity contribution is 7.99. The summed E-state index contributed by atoms with van der Waals surface area (Å²) in [5.74, 6) is 2.31. The number of amides is 1. The first-order valence-electron chi connectivity index (χ1n) is 19.3. The number of piperidine rings is 1. The molecule has 0 radical (unpaired) electrons. The van der Waals surface area contributed by atoms with E-state index in [4.69, 9.17) is 20.2 Å².